The molecule has 3 atom stereocenters. The molecule has 1 saturated carbocycles. The van der Waals surface area contributed by atoms with Gasteiger partial charge in [0.2, 0.25) is 5.91 Å². The largest absolute Gasteiger partial charge is 0.465 e. The molecule has 0 aromatic rings. The van der Waals surface area contributed by atoms with Crippen molar-refractivity contribution in [2.45, 2.75) is 109 Å². The summed E-state index contributed by atoms with van der Waals surface area (Å²) in [4.78, 5) is 41.7. The minimum atomic E-state index is -4.43. The summed E-state index contributed by atoms with van der Waals surface area (Å²) in [6, 6.07) is -0.640. The summed E-state index contributed by atoms with van der Waals surface area (Å²) >= 11 is 0. The number of piperidine rings is 2. The summed E-state index contributed by atoms with van der Waals surface area (Å²) in [5, 5.41) is 4.48. The highest BCUT2D eigenvalue weighted by molar-refractivity contribution is 7.81. The number of fused-ring (bicyclic) bond motifs is 2. The van der Waals surface area contributed by atoms with Crippen molar-refractivity contribution in [2.24, 2.45) is 5.41 Å². The minimum absolute atomic E-state index is 0.0471. The predicted octanol–water partition coefficient (Wildman–Crippen LogP) is 2.31. The van der Waals surface area contributed by atoms with Crippen LogP contribution in [0.25, 0.3) is 0 Å². The maximum absolute atomic E-state index is 13.2. The molecule has 234 valence electrons. The smallest absolute Gasteiger partial charge is 0.416 e. The van der Waals surface area contributed by atoms with E-state index in [2.05, 4.69) is 5.32 Å². The molecular weight excluding hydrogens is 556 g/mol. The van der Waals surface area contributed by atoms with E-state index < -0.39 is 33.4 Å². The zero-order chi connectivity index (χ0) is 29.8. The predicted molar refractivity (Wildman–Crippen MR) is 147 cm³/mol. The Morgan fingerprint density at radius 1 is 1.00 bits per heavy atom. The van der Waals surface area contributed by atoms with Crippen molar-refractivity contribution in [3.8, 4) is 0 Å². The quantitative estimate of drug-likeness (QED) is 0.388. The molecule has 0 spiro atoms. The van der Waals surface area contributed by atoms with E-state index in [0.29, 0.717) is 58.2 Å². The van der Waals surface area contributed by atoms with E-state index in [4.69, 9.17) is 17.9 Å². The summed E-state index contributed by atoms with van der Waals surface area (Å²) in [5.41, 5.74) is -1.54. The number of carbonyl (C=O) groups is 3. The van der Waals surface area contributed by atoms with Crippen LogP contribution < -0.4 is 5.32 Å². The normalized spacial score (nSPS) is 27.3. The highest BCUT2D eigenvalue weighted by Crippen LogP contribution is 2.38. The number of hydrogen-bond acceptors (Lipinski definition) is 11. The monoisotopic (exact) mass is 602 g/mol. The average molecular weight is 603 g/mol. The summed E-state index contributed by atoms with van der Waals surface area (Å²) in [6.07, 6.45) is 5.71. The maximum atomic E-state index is 13.2. The molecule has 0 radical (unpaired) electrons. The van der Waals surface area contributed by atoms with E-state index in [1.54, 1.807) is 11.8 Å². The van der Waals surface area contributed by atoms with Crippen molar-refractivity contribution >= 4 is 28.4 Å². The number of ether oxygens (including phenoxy) is 2. The van der Waals surface area contributed by atoms with E-state index in [1.165, 1.54) is 5.06 Å². The SMILES string of the molecule is CCOC(=O)C1(COS(=O)(=O)ON2CN3C[C@H]2CC[C@H]3C(=O)NC2CCN(C(=O)OC(C)(C)C)CC2)CCCCC1. The Morgan fingerprint density at radius 2 is 1.68 bits per heavy atom. The third-order valence-electron chi connectivity index (χ3n) is 8.37. The van der Waals surface area contributed by atoms with Gasteiger partial charge in [0.15, 0.2) is 0 Å². The number of rotatable bonds is 9. The van der Waals surface area contributed by atoms with Crippen LogP contribution in [0.5, 0.6) is 0 Å². The number of nitrogens with zero attached hydrogens (tertiary/aromatic N) is 3. The first-order valence-electron chi connectivity index (χ1n) is 14.9. The highest BCUT2D eigenvalue weighted by atomic mass is 32.3. The van der Waals surface area contributed by atoms with Gasteiger partial charge in [-0.2, -0.15) is 17.8 Å². The molecule has 1 aliphatic carbocycles. The van der Waals surface area contributed by atoms with Gasteiger partial charge >= 0.3 is 22.5 Å². The molecule has 1 N–H and O–H groups in total. The van der Waals surface area contributed by atoms with Crippen molar-refractivity contribution in [1.29, 1.82) is 0 Å². The number of nitrogens with one attached hydrogen (secondary N) is 1. The molecule has 0 aromatic heterocycles. The van der Waals surface area contributed by atoms with Crippen LogP contribution in [0.4, 0.5) is 4.79 Å². The summed E-state index contributed by atoms with van der Waals surface area (Å²) in [7, 11) is -4.43. The van der Waals surface area contributed by atoms with E-state index in [-0.39, 0.29) is 44.0 Å². The molecule has 4 fully saturated rings. The lowest BCUT2D eigenvalue weighted by Gasteiger charge is -2.35. The van der Waals surface area contributed by atoms with Crippen molar-refractivity contribution in [3.05, 3.63) is 0 Å². The minimum Gasteiger partial charge on any atom is -0.465 e. The molecule has 3 heterocycles. The fourth-order valence-electron chi connectivity index (χ4n) is 6.16. The number of carbonyl (C=O) groups excluding carboxylic acids is 3. The number of hydrogen-bond donors (Lipinski definition) is 1. The zero-order valence-electron chi connectivity index (χ0n) is 24.8. The molecule has 3 saturated heterocycles. The second kappa shape index (κ2) is 13.1. The van der Waals surface area contributed by atoms with E-state index in [9.17, 15) is 22.8 Å². The first-order valence-corrected chi connectivity index (χ1v) is 16.2. The lowest BCUT2D eigenvalue weighted by Crippen LogP contribution is -2.53. The van der Waals surface area contributed by atoms with Crippen LogP contribution in [-0.2, 0) is 37.9 Å². The van der Waals surface area contributed by atoms with Crippen LogP contribution in [0.1, 0.15) is 85.5 Å². The van der Waals surface area contributed by atoms with Gasteiger partial charge in [-0.15, -0.1) is 0 Å². The lowest BCUT2D eigenvalue weighted by atomic mass is 9.75. The molecule has 14 heteroatoms. The third-order valence-corrected chi connectivity index (χ3v) is 9.15. The van der Waals surface area contributed by atoms with Crippen LogP contribution in [0.15, 0.2) is 0 Å². The molecule has 4 rings (SSSR count). The van der Waals surface area contributed by atoms with Gasteiger partial charge in [0, 0.05) is 25.7 Å². The van der Waals surface area contributed by atoms with E-state index in [0.717, 1.165) is 19.3 Å². The molecule has 41 heavy (non-hydrogen) atoms. The fraction of sp³-hybridized carbons (Fsp3) is 0.889. The summed E-state index contributed by atoms with van der Waals surface area (Å²) in [5.74, 6) is -0.531. The van der Waals surface area contributed by atoms with Crippen LogP contribution in [-0.4, -0.2) is 104 Å². The average Bonchev–Trinajstić information content (AvgIpc) is 3.21. The molecule has 13 nitrogen and oxygen atoms in total. The molecule has 3 aliphatic heterocycles. The van der Waals surface area contributed by atoms with Crippen LogP contribution in [0.3, 0.4) is 0 Å². The third kappa shape index (κ3) is 8.31. The fourth-order valence-corrected chi connectivity index (χ4v) is 6.98. The Labute approximate surface area is 243 Å². The van der Waals surface area contributed by atoms with Crippen molar-refractivity contribution in [3.63, 3.8) is 0 Å². The van der Waals surface area contributed by atoms with Gasteiger partial charge in [0.05, 0.1) is 37.4 Å². The standard InChI is InChI=1S/C27H46N4O9S/c1-5-37-24(33)27(13-7-6-8-14-27)18-38-41(35,36)40-31-19-30-17-21(31)9-10-22(30)23(32)28-20-11-15-29(16-12-20)25(34)39-26(2,3)4/h20-22H,5-19H2,1-4H3,(H,28,32)/t21-,22+/m1/s1. The zero-order valence-corrected chi connectivity index (χ0v) is 25.6. The molecular formula is C27H46N4O9S. The topological polar surface area (TPSA) is 144 Å². The van der Waals surface area contributed by atoms with Crippen LogP contribution >= 0.6 is 0 Å². The molecule has 1 unspecified atom stereocenters. The van der Waals surface area contributed by atoms with Gasteiger partial charge in [-0.1, -0.05) is 19.3 Å². The number of likely N-dealkylation sites (tertiary alicyclic amines) is 1. The second-order valence-electron chi connectivity index (χ2n) is 12.6. The van der Waals surface area contributed by atoms with Crippen molar-refractivity contribution in [1.82, 2.24) is 20.2 Å². The number of esters is 1. The maximum Gasteiger partial charge on any atom is 0.416 e. The molecule has 4 aliphatic rings. The Kier molecular flexibility index (Phi) is 10.2. The van der Waals surface area contributed by atoms with Gasteiger partial charge < -0.3 is 19.7 Å². The molecule has 2 bridgehead atoms. The summed E-state index contributed by atoms with van der Waals surface area (Å²) < 4.78 is 46.9. The van der Waals surface area contributed by atoms with Gasteiger partial charge in [-0.25, -0.2) is 8.98 Å². The Hall–Kier alpha value is -2.00. The highest BCUT2D eigenvalue weighted by Gasteiger charge is 2.46. The van der Waals surface area contributed by atoms with E-state index in [1.807, 2.05) is 25.7 Å². The van der Waals surface area contributed by atoms with Crippen LogP contribution in [0.2, 0.25) is 0 Å². The second-order valence-corrected chi connectivity index (χ2v) is 13.8. The number of hydroxylamine groups is 2. The molecule has 0 aromatic carbocycles. The lowest BCUT2D eigenvalue weighted by molar-refractivity contribution is -0.160. The summed E-state index contributed by atoms with van der Waals surface area (Å²) in [6.45, 7) is 8.78. The van der Waals surface area contributed by atoms with Gasteiger partial charge in [0.1, 0.15) is 5.60 Å². The van der Waals surface area contributed by atoms with Gasteiger partial charge in [-0.05, 0) is 66.2 Å². The van der Waals surface area contributed by atoms with Gasteiger partial charge in [0.25, 0.3) is 0 Å². The first-order chi connectivity index (χ1) is 19.3. The van der Waals surface area contributed by atoms with Crippen molar-refractivity contribution < 1.29 is 40.7 Å². The van der Waals surface area contributed by atoms with Gasteiger partial charge in [-0.3, -0.25) is 14.5 Å². The Morgan fingerprint density at radius 3 is 2.32 bits per heavy atom. The number of amides is 2. The Balaban J connectivity index is 1.25. The van der Waals surface area contributed by atoms with E-state index >= 15 is 0 Å². The Bertz CT molecular complexity index is 1050. The van der Waals surface area contributed by atoms with Crippen molar-refractivity contribution in [2.75, 3.05) is 39.5 Å². The molecule has 2 amide bonds. The first kappa shape index (κ1) is 31.9. The van der Waals surface area contributed by atoms with Crippen LogP contribution in [0, 0.1) is 5.41 Å².